The molecule has 84 valence electrons. The van der Waals surface area contributed by atoms with E-state index in [-0.39, 0.29) is 6.10 Å². The van der Waals surface area contributed by atoms with Crippen molar-refractivity contribution in [2.24, 2.45) is 0 Å². The lowest BCUT2D eigenvalue weighted by Crippen LogP contribution is -2.18. The summed E-state index contributed by atoms with van der Waals surface area (Å²) < 4.78 is 5.27. The summed E-state index contributed by atoms with van der Waals surface area (Å²) in [4.78, 5) is 1.19. The Labute approximate surface area is 95.7 Å². The van der Waals surface area contributed by atoms with Crippen molar-refractivity contribution in [2.45, 2.75) is 24.3 Å². The summed E-state index contributed by atoms with van der Waals surface area (Å²) in [7, 11) is 0. The van der Waals surface area contributed by atoms with Gasteiger partial charge in [0.2, 0.25) is 0 Å². The van der Waals surface area contributed by atoms with Gasteiger partial charge in [0.1, 0.15) is 0 Å². The smallest absolute Gasteiger partial charge is 0.0867 e. The van der Waals surface area contributed by atoms with Gasteiger partial charge < -0.3 is 9.84 Å². The van der Waals surface area contributed by atoms with E-state index in [9.17, 15) is 5.11 Å². The third-order valence-electron chi connectivity index (χ3n) is 1.84. The largest absolute Gasteiger partial charge is 0.390 e. The standard InChI is InChI=1S/C12H18O2S/c1-2-8-14-9-11(13)10-15-12-6-4-3-5-7-12/h3-7,11,13H,2,8-10H2,1H3. The average Bonchev–Trinajstić information content (AvgIpc) is 2.28. The third-order valence-corrected chi connectivity index (χ3v) is 3.00. The lowest BCUT2D eigenvalue weighted by Gasteiger charge is -2.10. The second kappa shape index (κ2) is 7.74. The number of ether oxygens (including phenoxy) is 1. The number of hydrogen-bond acceptors (Lipinski definition) is 3. The normalized spacial score (nSPS) is 12.7. The number of aliphatic hydroxyl groups is 1. The molecular formula is C12H18O2S. The van der Waals surface area contributed by atoms with Gasteiger partial charge in [-0.2, -0.15) is 0 Å². The van der Waals surface area contributed by atoms with Crippen molar-refractivity contribution in [3.8, 4) is 0 Å². The van der Waals surface area contributed by atoms with Crippen molar-refractivity contribution >= 4 is 11.8 Å². The fraction of sp³-hybridized carbons (Fsp3) is 0.500. The molecule has 0 amide bonds. The molecule has 0 spiro atoms. The lowest BCUT2D eigenvalue weighted by molar-refractivity contribution is 0.0489. The summed E-state index contributed by atoms with van der Waals surface area (Å²) in [5, 5.41) is 9.59. The topological polar surface area (TPSA) is 29.5 Å². The summed E-state index contributed by atoms with van der Waals surface area (Å²) in [6.07, 6.45) is 0.625. The van der Waals surface area contributed by atoms with Crippen molar-refractivity contribution in [1.82, 2.24) is 0 Å². The molecule has 1 aromatic carbocycles. The van der Waals surface area contributed by atoms with Crippen LogP contribution < -0.4 is 0 Å². The van der Waals surface area contributed by atoms with Crippen LogP contribution in [0.15, 0.2) is 35.2 Å². The van der Waals surface area contributed by atoms with Crippen molar-refractivity contribution in [3.63, 3.8) is 0 Å². The molecule has 0 radical (unpaired) electrons. The van der Waals surface area contributed by atoms with Crippen LogP contribution in [-0.2, 0) is 4.74 Å². The SMILES string of the molecule is CCCOCC(O)CSc1ccccc1. The fourth-order valence-electron chi connectivity index (χ4n) is 1.12. The van der Waals surface area contributed by atoms with Crippen LogP contribution in [0.25, 0.3) is 0 Å². The highest BCUT2D eigenvalue weighted by Crippen LogP contribution is 2.17. The van der Waals surface area contributed by atoms with Crippen LogP contribution in [0.4, 0.5) is 0 Å². The molecule has 3 heteroatoms. The quantitative estimate of drug-likeness (QED) is 0.572. The van der Waals surface area contributed by atoms with Crippen molar-refractivity contribution in [1.29, 1.82) is 0 Å². The predicted molar refractivity (Wildman–Crippen MR) is 64.3 cm³/mol. The Bertz CT molecular complexity index is 251. The molecule has 0 bridgehead atoms. The first-order chi connectivity index (χ1) is 7.33. The van der Waals surface area contributed by atoms with Crippen LogP contribution in [0, 0.1) is 0 Å². The molecule has 0 aromatic heterocycles. The summed E-state index contributed by atoms with van der Waals surface area (Å²) in [6, 6.07) is 10.1. The van der Waals surface area contributed by atoms with Crippen LogP contribution in [0.1, 0.15) is 13.3 Å². The lowest BCUT2D eigenvalue weighted by atomic mass is 10.4. The Morgan fingerprint density at radius 1 is 1.33 bits per heavy atom. The second-order valence-corrected chi connectivity index (χ2v) is 4.45. The molecule has 1 atom stereocenters. The van der Waals surface area contributed by atoms with Gasteiger partial charge in [0, 0.05) is 17.3 Å². The van der Waals surface area contributed by atoms with Crippen molar-refractivity contribution in [2.75, 3.05) is 19.0 Å². The van der Waals surface area contributed by atoms with Gasteiger partial charge >= 0.3 is 0 Å². The first kappa shape index (κ1) is 12.6. The number of thioether (sulfide) groups is 1. The molecule has 0 fully saturated rings. The van der Waals surface area contributed by atoms with Crippen LogP contribution >= 0.6 is 11.8 Å². The van der Waals surface area contributed by atoms with E-state index in [2.05, 4.69) is 6.92 Å². The van der Waals surface area contributed by atoms with E-state index in [1.807, 2.05) is 30.3 Å². The molecular weight excluding hydrogens is 208 g/mol. The van der Waals surface area contributed by atoms with E-state index in [0.29, 0.717) is 12.4 Å². The number of rotatable bonds is 7. The minimum absolute atomic E-state index is 0.373. The Morgan fingerprint density at radius 2 is 2.07 bits per heavy atom. The van der Waals surface area contributed by atoms with Gasteiger partial charge in [0.05, 0.1) is 12.7 Å². The van der Waals surface area contributed by atoms with Crippen LogP contribution in [0.5, 0.6) is 0 Å². The minimum atomic E-state index is -0.373. The van der Waals surface area contributed by atoms with E-state index in [1.54, 1.807) is 11.8 Å². The number of aliphatic hydroxyl groups excluding tert-OH is 1. The van der Waals surface area contributed by atoms with E-state index in [1.165, 1.54) is 4.90 Å². The van der Waals surface area contributed by atoms with Gasteiger partial charge in [-0.25, -0.2) is 0 Å². The molecule has 1 rings (SSSR count). The summed E-state index contributed by atoms with van der Waals surface area (Å²) in [6.45, 7) is 3.23. The molecule has 0 saturated carbocycles. The van der Waals surface area contributed by atoms with Gasteiger partial charge in [-0.05, 0) is 18.6 Å². The highest BCUT2D eigenvalue weighted by Gasteiger charge is 2.04. The van der Waals surface area contributed by atoms with E-state index in [4.69, 9.17) is 4.74 Å². The van der Waals surface area contributed by atoms with Crippen LogP contribution in [0.2, 0.25) is 0 Å². The third kappa shape index (κ3) is 5.82. The van der Waals surface area contributed by atoms with Crippen LogP contribution in [-0.4, -0.2) is 30.2 Å². The van der Waals surface area contributed by atoms with Gasteiger partial charge in [0.25, 0.3) is 0 Å². The minimum Gasteiger partial charge on any atom is -0.390 e. The Balaban J connectivity index is 2.14. The predicted octanol–water partition coefficient (Wildman–Crippen LogP) is 2.57. The maximum Gasteiger partial charge on any atom is 0.0867 e. The highest BCUT2D eigenvalue weighted by molar-refractivity contribution is 7.99. The van der Waals surface area contributed by atoms with Gasteiger partial charge in [-0.3, -0.25) is 0 Å². The zero-order valence-electron chi connectivity index (χ0n) is 9.06. The first-order valence-corrected chi connectivity index (χ1v) is 6.25. The van der Waals surface area contributed by atoms with Crippen molar-refractivity contribution in [3.05, 3.63) is 30.3 Å². The molecule has 1 aromatic rings. The van der Waals surface area contributed by atoms with Gasteiger partial charge in [-0.1, -0.05) is 25.1 Å². The molecule has 2 nitrogen and oxygen atoms in total. The van der Waals surface area contributed by atoms with E-state index >= 15 is 0 Å². The Kier molecular flexibility index (Phi) is 6.48. The molecule has 1 unspecified atom stereocenters. The molecule has 0 saturated heterocycles. The van der Waals surface area contributed by atoms with Crippen LogP contribution in [0.3, 0.4) is 0 Å². The molecule has 0 aliphatic heterocycles. The van der Waals surface area contributed by atoms with Crippen molar-refractivity contribution < 1.29 is 9.84 Å². The first-order valence-electron chi connectivity index (χ1n) is 5.26. The molecule has 0 aliphatic rings. The molecule has 15 heavy (non-hydrogen) atoms. The Morgan fingerprint density at radius 3 is 2.73 bits per heavy atom. The van der Waals surface area contributed by atoms with E-state index in [0.717, 1.165) is 13.0 Å². The number of hydrogen-bond donors (Lipinski definition) is 1. The Hall–Kier alpha value is -0.510. The number of benzene rings is 1. The highest BCUT2D eigenvalue weighted by atomic mass is 32.2. The maximum absolute atomic E-state index is 9.59. The second-order valence-electron chi connectivity index (χ2n) is 3.35. The molecule has 0 aliphatic carbocycles. The molecule has 1 N–H and O–H groups in total. The van der Waals surface area contributed by atoms with Gasteiger partial charge in [0.15, 0.2) is 0 Å². The summed E-state index contributed by atoms with van der Waals surface area (Å²) in [5.41, 5.74) is 0. The zero-order valence-corrected chi connectivity index (χ0v) is 9.87. The summed E-state index contributed by atoms with van der Waals surface area (Å²) in [5.74, 6) is 0.688. The van der Waals surface area contributed by atoms with E-state index < -0.39 is 0 Å². The summed E-state index contributed by atoms with van der Waals surface area (Å²) >= 11 is 1.66. The zero-order chi connectivity index (χ0) is 10.9. The van der Waals surface area contributed by atoms with Gasteiger partial charge in [-0.15, -0.1) is 11.8 Å². The molecule has 0 heterocycles. The fourth-order valence-corrected chi connectivity index (χ4v) is 1.95. The maximum atomic E-state index is 9.59. The average molecular weight is 226 g/mol. The monoisotopic (exact) mass is 226 g/mol.